The molecule has 0 unspecified atom stereocenters. The summed E-state index contributed by atoms with van der Waals surface area (Å²) in [5.74, 6) is 0. The van der Waals surface area contributed by atoms with Crippen LogP contribution >= 0.6 is 0 Å². The van der Waals surface area contributed by atoms with E-state index in [1.165, 1.54) is 93.9 Å². The molecule has 13 rings (SSSR count). The Morgan fingerprint density at radius 3 is 1.67 bits per heavy atom. The lowest BCUT2D eigenvalue weighted by molar-refractivity contribution is 0.748. The summed E-state index contributed by atoms with van der Waals surface area (Å²) in [6.45, 7) is 0. The van der Waals surface area contributed by atoms with Crippen LogP contribution in [0.3, 0.4) is 0 Å². The molecule has 11 aromatic rings. The third-order valence-electron chi connectivity index (χ3n) is 13.0. The molecule has 0 fully saturated rings. The van der Waals surface area contributed by atoms with Crippen molar-refractivity contribution >= 4 is 43.5 Å². The van der Waals surface area contributed by atoms with Crippen molar-refractivity contribution in [1.82, 2.24) is 9.55 Å². The minimum atomic E-state index is -0.433. The molecule has 0 saturated heterocycles. The van der Waals surface area contributed by atoms with Crippen molar-refractivity contribution in [2.75, 3.05) is 0 Å². The van der Waals surface area contributed by atoms with E-state index in [-0.39, 0.29) is 0 Å². The standard InChI is InChI=1S/C56H34N2/c1-2-11-42-38(10-1)26-29-40-31-33-51(57-54(40)42)39-27-24-36(25-28-39)35-20-22-37(23-21-35)41-30-32-49-53(34-41)58-52-19-8-5-14-45(52)46-15-9-18-50(55(46)58)56(49)47-16-6-3-12-43(47)44-13-4-7-17-48(44)56/h1-34H. The molecule has 0 atom stereocenters. The fraction of sp³-hybridized carbons (Fsp3) is 0.0179. The van der Waals surface area contributed by atoms with Gasteiger partial charge in [-0.1, -0.05) is 188 Å². The molecule has 2 aromatic heterocycles. The van der Waals surface area contributed by atoms with Gasteiger partial charge in [0.15, 0.2) is 0 Å². The van der Waals surface area contributed by atoms with E-state index in [0.717, 1.165) is 22.2 Å². The highest BCUT2D eigenvalue weighted by molar-refractivity contribution is 6.13. The zero-order chi connectivity index (χ0) is 38.0. The van der Waals surface area contributed by atoms with Crippen LogP contribution in [0.4, 0.5) is 0 Å². The number of nitrogens with zero attached hydrogens (tertiary/aromatic N) is 2. The molecular weight excluding hydrogens is 701 g/mol. The summed E-state index contributed by atoms with van der Waals surface area (Å²) >= 11 is 0. The number of benzene rings is 9. The first-order valence-corrected chi connectivity index (χ1v) is 20.1. The van der Waals surface area contributed by atoms with Crippen LogP contribution < -0.4 is 0 Å². The van der Waals surface area contributed by atoms with Gasteiger partial charge in [0.2, 0.25) is 0 Å². The minimum Gasteiger partial charge on any atom is -0.309 e. The van der Waals surface area contributed by atoms with Crippen LogP contribution in [0.2, 0.25) is 0 Å². The Labute approximate surface area is 335 Å². The van der Waals surface area contributed by atoms with Crippen LogP contribution in [0.1, 0.15) is 22.3 Å². The summed E-state index contributed by atoms with van der Waals surface area (Å²) < 4.78 is 2.54. The molecule has 0 bridgehead atoms. The lowest BCUT2D eigenvalue weighted by Gasteiger charge is -2.39. The smallest absolute Gasteiger partial charge is 0.0787 e. The number of pyridine rings is 1. The van der Waals surface area contributed by atoms with E-state index in [4.69, 9.17) is 4.98 Å². The van der Waals surface area contributed by atoms with Crippen molar-refractivity contribution in [3.8, 4) is 50.3 Å². The zero-order valence-electron chi connectivity index (χ0n) is 31.5. The van der Waals surface area contributed by atoms with E-state index >= 15 is 0 Å². The van der Waals surface area contributed by atoms with Gasteiger partial charge in [-0.2, -0.15) is 0 Å². The average Bonchev–Trinajstić information content (AvgIpc) is 3.79. The second-order valence-electron chi connectivity index (χ2n) is 15.8. The predicted octanol–water partition coefficient (Wildman–Crippen LogP) is 14.2. The Kier molecular flexibility index (Phi) is 6.40. The molecule has 2 aliphatic rings. The Hall–Kier alpha value is -7.55. The number of hydrogen-bond acceptors (Lipinski definition) is 1. The predicted molar refractivity (Wildman–Crippen MR) is 241 cm³/mol. The second-order valence-corrected chi connectivity index (χ2v) is 15.8. The van der Waals surface area contributed by atoms with E-state index < -0.39 is 5.41 Å². The van der Waals surface area contributed by atoms with Gasteiger partial charge >= 0.3 is 0 Å². The second kappa shape index (κ2) is 11.7. The molecule has 2 nitrogen and oxygen atoms in total. The molecule has 3 heterocycles. The normalized spacial score (nSPS) is 13.3. The molecule has 268 valence electrons. The van der Waals surface area contributed by atoms with Gasteiger partial charge in [0.05, 0.1) is 33.3 Å². The van der Waals surface area contributed by atoms with Crippen molar-refractivity contribution < 1.29 is 0 Å². The van der Waals surface area contributed by atoms with Crippen LogP contribution in [0.5, 0.6) is 0 Å². The SMILES string of the molecule is c1ccc2c(c1)-c1ccccc1C21c2ccc(-c3ccc(-c4ccc(-c5ccc6ccc7ccccc7c6n5)cc4)cc3)cc2-n2c3ccccc3c3cccc1c32. The zero-order valence-corrected chi connectivity index (χ0v) is 31.5. The number of para-hydroxylation sites is 2. The van der Waals surface area contributed by atoms with E-state index in [2.05, 4.69) is 211 Å². The quantitative estimate of drug-likeness (QED) is 0.165. The summed E-state index contributed by atoms with van der Waals surface area (Å²) in [7, 11) is 0. The highest BCUT2D eigenvalue weighted by atomic mass is 15.0. The van der Waals surface area contributed by atoms with Crippen LogP contribution in [0.15, 0.2) is 206 Å². The van der Waals surface area contributed by atoms with Crippen LogP contribution in [-0.4, -0.2) is 9.55 Å². The number of rotatable bonds is 3. The van der Waals surface area contributed by atoms with Gasteiger partial charge in [-0.25, -0.2) is 4.98 Å². The third kappa shape index (κ3) is 4.18. The third-order valence-corrected chi connectivity index (χ3v) is 13.0. The Morgan fingerprint density at radius 2 is 0.914 bits per heavy atom. The van der Waals surface area contributed by atoms with Gasteiger partial charge in [0.25, 0.3) is 0 Å². The number of fused-ring (bicyclic) bond motifs is 15. The summed E-state index contributed by atoms with van der Waals surface area (Å²) in [5, 5.41) is 6.14. The first-order chi connectivity index (χ1) is 28.8. The number of hydrogen-bond donors (Lipinski definition) is 0. The van der Waals surface area contributed by atoms with E-state index in [9.17, 15) is 0 Å². The fourth-order valence-corrected chi connectivity index (χ4v) is 10.5. The largest absolute Gasteiger partial charge is 0.309 e. The van der Waals surface area contributed by atoms with Gasteiger partial charge in [0.1, 0.15) is 0 Å². The molecule has 0 N–H and O–H groups in total. The van der Waals surface area contributed by atoms with Crippen molar-refractivity contribution in [3.05, 3.63) is 229 Å². The molecule has 0 amide bonds. The van der Waals surface area contributed by atoms with Gasteiger partial charge < -0.3 is 4.57 Å². The van der Waals surface area contributed by atoms with Crippen molar-refractivity contribution in [1.29, 1.82) is 0 Å². The molecule has 58 heavy (non-hydrogen) atoms. The maximum absolute atomic E-state index is 5.13. The highest BCUT2D eigenvalue weighted by Gasteiger charge is 2.50. The fourth-order valence-electron chi connectivity index (χ4n) is 10.5. The summed E-state index contributed by atoms with van der Waals surface area (Å²) in [6, 6.07) is 76.2. The molecule has 0 radical (unpaired) electrons. The van der Waals surface area contributed by atoms with Crippen LogP contribution in [0, 0.1) is 0 Å². The Morgan fingerprint density at radius 1 is 0.362 bits per heavy atom. The molecule has 0 saturated carbocycles. The molecule has 9 aromatic carbocycles. The highest BCUT2D eigenvalue weighted by Crippen LogP contribution is 2.61. The van der Waals surface area contributed by atoms with Gasteiger partial charge in [0, 0.05) is 27.1 Å². The average molecular weight is 735 g/mol. The van der Waals surface area contributed by atoms with Gasteiger partial charge in [-0.05, 0) is 79.2 Å². The monoisotopic (exact) mass is 734 g/mol. The van der Waals surface area contributed by atoms with E-state index in [1.54, 1.807) is 0 Å². The summed E-state index contributed by atoms with van der Waals surface area (Å²) in [4.78, 5) is 5.13. The van der Waals surface area contributed by atoms with Crippen LogP contribution in [-0.2, 0) is 5.41 Å². The van der Waals surface area contributed by atoms with Gasteiger partial charge in [-0.15, -0.1) is 0 Å². The molecular formula is C56H34N2. The van der Waals surface area contributed by atoms with Gasteiger partial charge in [-0.3, -0.25) is 0 Å². The maximum Gasteiger partial charge on any atom is 0.0787 e. The first-order valence-electron chi connectivity index (χ1n) is 20.1. The molecule has 1 aliphatic heterocycles. The minimum absolute atomic E-state index is 0.433. The van der Waals surface area contributed by atoms with E-state index in [1.807, 2.05) is 0 Å². The lowest BCUT2D eigenvalue weighted by atomic mass is 9.65. The lowest BCUT2D eigenvalue weighted by Crippen LogP contribution is -2.33. The Bertz CT molecular complexity index is 3450. The topological polar surface area (TPSA) is 17.8 Å². The summed E-state index contributed by atoms with van der Waals surface area (Å²) in [6.07, 6.45) is 0. The molecule has 1 spiro atoms. The maximum atomic E-state index is 5.13. The van der Waals surface area contributed by atoms with Crippen LogP contribution in [0.25, 0.3) is 93.8 Å². The Balaban J connectivity index is 0.927. The van der Waals surface area contributed by atoms with Crippen molar-refractivity contribution in [2.24, 2.45) is 0 Å². The molecule has 1 aliphatic carbocycles. The summed E-state index contributed by atoms with van der Waals surface area (Å²) in [5.41, 5.74) is 19.3. The number of aromatic nitrogens is 2. The van der Waals surface area contributed by atoms with E-state index in [0.29, 0.717) is 0 Å². The van der Waals surface area contributed by atoms with Crippen molar-refractivity contribution in [3.63, 3.8) is 0 Å². The molecule has 2 heteroatoms. The van der Waals surface area contributed by atoms with Crippen molar-refractivity contribution in [2.45, 2.75) is 5.41 Å². The first kappa shape index (κ1) is 31.6.